The van der Waals surface area contributed by atoms with E-state index in [9.17, 15) is 4.79 Å². The van der Waals surface area contributed by atoms with Gasteiger partial charge in [0.2, 0.25) is 5.91 Å². The van der Waals surface area contributed by atoms with E-state index in [1.807, 2.05) is 13.8 Å². The van der Waals surface area contributed by atoms with Crippen LogP contribution in [-0.4, -0.2) is 36.8 Å². The van der Waals surface area contributed by atoms with Crippen LogP contribution in [0.15, 0.2) is 0 Å². The van der Waals surface area contributed by atoms with Crippen LogP contribution in [0, 0.1) is 0 Å². The highest BCUT2D eigenvalue weighted by molar-refractivity contribution is 5.75. The second kappa shape index (κ2) is 7.06. The van der Waals surface area contributed by atoms with Crippen LogP contribution in [0.5, 0.6) is 0 Å². The van der Waals surface area contributed by atoms with Crippen molar-refractivity contribution in [2.24, 2.45) is 0 Å². The molecule has 12 heavy (non-hydrogen) atoms. The van der Waals surface area contributed by atoms with Crippen LogP contribution in [0.4, 0.5) is 0 Å². The molecule has 0 aliphatic rings. The Labute approximate surface area is 73.3 Å². The summed E-state index contributed by atoms with van der Waals surface area (Å²) < 4.78 is 0. The Morgan fingerprint density at radius 3 is 2.75 bits per heavy atom. The summed E-state index contributed by atoms with van der Waals surface area (Å²) in [5.74, 6) is 0.0511. The van der Waals surface area contributed by atoms with Gasteiger partial charge in [-0.1, -0.05) is 0 Å². The van der Waals surface area contributed by atoms with Crippen molar-refractivity contribution in [3.63, 3.8) is 0 Å². The minimum atomic E-state index is 0.0511. The molecule has 1 atom stereocenters. The van der Waals surface area contributed by atoms with E-state index in [1.165, 1.54) is 0 Å². The first-order valence-electron chi connectivity index (χ1n) is 4.31. The summed E-state index contributed by atoms with van der Waals surface area (Å²) in [4.78, 5) is 10.9. The van der Waals surface area contributed by atoms with Crippen LogP contribution in [0.25, 0.3) is 0 Å². The zero-order valence-electron chi connectivity index (χ0n) is 7.76. The molecule has 0 aliphatic heterocycles. The molecule has 0 saturated heterocycles. The molecule has 0 rings (SSSR count). The Balaban J connectivity index is 3.24. The van der Waals surface area contributed by atoms with Gasteiger partial charge in [0.15, 0.2) is 0 Å². The molecule has 0 fully saturated rings. The second-order valence-electron chi connectivity index (χ2n) is 2.74. The SMILES string of the molecule is CCNC(=O)CCNC(C)CO. The number of hydrogen-bond acceptors (Lipinski definition) is 3. The highest BCUT2D eigenvalue weighted by Crippen LogP contribution is 1.81. The van der Waals surface area contributed by atoms with Gasteiger partial charge < -0.3 is 15.7 Å². The van der Waals surface area contributed by atoms with Gasteiger partial charge in [-0.3, -0.25) is 4.79 Å². The number of carbonyl (C=O) groups excluding carboxylic acids is 1. The predicted molar refractivity (Wildman–Crippen MR) is 47.9 cm³/mol. The smallest absolute Gasteiger partial charge is 0.221 e. The zero-order chi connectivity index (χ0) is 9.40. The lowest BCUT2D eigenvalue weighted by Crippen LogP contribution is -2.33. The predicted octanol–water partition coefficient (Wildman–Crippen LogP) is -0.517. The molecule has 0 radical (unpaired) electrons. The van der Waals surface area contributed by atoms with Crippen molar-refractivity contribution in [1.82, 2.24) is 10.6 Å². The van der Waals surface area contributed by atoms with Crippen molar-refractivity contribution in [2.75, 3.05) is 19.7 Å². The molecular formula is C8H18N2O2. The van der Waals surface area contributed by atoms with E-state index in [4.69, 9.17) is 5.11 Å². The number of aliphatic hydroxyl groups excluding tert-OH is 1. The zero-order valence-corrected chi connectivity index (χ0v) is 7.76. The van der Waals surface area contributed by atoms with Crippen LogP contribution in [0.3, 0.4) is 0 Å². The molecule has 3 N–H and O–H groups in total. The lowest BCUT2D eigenvalue weighted by Gasteiger charge is -2.09. The van der Waals surface area contributed by atoms with Crippen molar-refractivity contribution in [2.45, 2.75) is 26.3 Å². The van der Waals surface area contributed by atoms with Crippen molar-refractivity contribution < 1.29 is 9.90 Å². The molecule has 0 saturated carbocycles. The van der Waals surface area contributed by atoms with Gasteiger partial charge in [-0.25, -0.2) is 0 Å². The summed E-state index contributed by atoms with van der Waals surface area (Å²) in [6.07, 6.45) is 0.470. The van der Waals surface area contributed by atoms with Crippen LogP contribution in [-0.2, 0) is 4.79 Å². The highest BCUT2D eigenvalue weighted by Gasteiger charge is 2.01. The van der Waals surface area contributed by atoms with Gasteiger partial charge >= 0.3 is 0 Å². The molecule has 4 heteroatoms. The Morgan fingerprint density at radius 2 is 2.25 bits per heavy atom. The number of hydrogen-bond donors (Lipinski definition) is 3. The third-order valence-electron chi connectivity index (χ3n) is 1.49. The number of rotatable bonds is 6. The average Bonchev–Trinajstić information content (AvgIpc) is 2.04. The van der Waals surface area contributed by atoms with Gasteiger partial charge in [0, 0.05) is 25.6 Å². The Morgan fingerprint density at radius 1 is 1.58 bits per heavy atom. The first kappa shape index (κ1) is 11.4. The quantitative estimate of drug-likeness (QED) is 0.508. The van der Waals surface area contributed by atoms with Gasteiger partial charge in [-0.05, 0) is 13.8 Å². The maximum absolute atomic E-state index is 10.9. The molecule has 72 valence electrons. The summed E-state index contributed by atoms with van der Waals surface area (Å²) in [6.45, 7) is 5.16. The molecule has 1 amide bonds. The van der Waals surface area contributed by atoms with Crippen molar-refractivity contribution >= 4 is 5.91 Å². The fraction of sp³-hybridized carbons (Fsp3) is 0.875. The van der Waals surface area contributed by atoms with Crippen molar-refractivity contribution in [3.8, 4) is 0 Å². The largest absolute Gasteiger partial charge is 0.395 e. The van der Waals surface area contributed by atoms with Gasteiger partial charge in [0.05, 0.1) is 6.61 Å². The molecule has 0 bridgehead atoms. The summed E-state index contributed by atoms with van der Waals surface area (Å²) in [7, 11) is 0. The normalized spacial score (nSPS) is 12.6. The Hall–Kier alpha value is -0.610. The molecule has 1 unspecified atom stereocenters. The minimum Gasteiger partial charge on any atom is -0.395 e. The van der Waals surface area contributed by atoms with Gasteiger partial charge in [0.25, 0.3) is 0 Å². The fourth-order valence-corrected chi connectivity index (χ4v) is 0.782. The monoisotopic (exact) mass is 174 g/mol. The fourth-order valence-electron chi connectivity index (χ4n) is 0.782. The van der Waals surface area contributed by atoms with Crippen molar-refractivity contribution in [1.29, 1.82) is 0 Å². The minimum absolute atomic E-state index is 0.0511. The summed E-state index contributed by atoms with van der Waals surface area (Å²) in [6, 6.07) is 0.0689. The van der Waals surface area contributed by atoms with E-state index >= 15 is 0 Å². The van der Waals surface area contributed by atoms with Gasteiger partial charge in [0.1, 0.15) is 0 Å². The molecule has 0 aromatic carbocycles. The summed E-state index contributed by atoms with van der Waals surface area (Å²) in [5, 5.41) is 14.3. The maximum atomic E-state index is 10.9. The molecule has 0 aromatic heterocycles. The molecule has 0 spiro atoms. The number of carbonyl (C=O) groups is 1. The Bertz CT molecular complexity index is 128. The van der Waals surface area contributed by atoms with E-state index in [2.05, 4.69) is 10.6 Å². The molecule has 0 heterocycles. The van der Waals surface area contributed by atoms with E-state index in [1.54, 1.807) is 0 Å². The lowest BCUT2D eigenvalue weighted by atomic mass is 10.3. The lowest BCUT2D eigenvalue weighted by molar-refractivity contribution is -0.120. The van der Waals surface area contributed by atoms with Crippen LogP contribution in [0.2, 0.25) is 0 Å². The van der Waals surface area contributed by atoms with Crippen molar-refractivity contribution in [3.05, 3.63) is 0 Å². The number of amides is 1. The molecule has 0 aromatic rings. The third kappa shape index (κ3) is 6.12. The average molecular weight is 174 g/mol. The van der Waals surface area contributed by atoms with Crippen LogP contribution in [0.1, 0.15) is 20.3 Å². The van der Waals surface area contributed by atoms with E-state index in [0.717, 1.165) is 0 Å². The third-order valence-corrected chi connectivity index (χ3v) is 1.49. The molecular weight excluding hydrogens is 156 g/mol. The van der Waals surface area contributed by atoms with E-state index in [-0.39, 0.29) is 18.6 Å². The molecule has 4 nitrogen and oxygen atoms in total. The standard InChI is InChI=1S/C8H18N2O2/c1-3-9-8(12)4-5-10-7(2)6-11/h7,10-11H,3-6H2,1-2H3,(H,9,12). The van der Waals surface area contributed by atoms with Gasteiger partial charge in [-0.15, -0.1) is 0 Å². The topological polar surface area (TPSA) is 61.4 Å². The number of aliphatic hydroxyl groups is 1. The first-order valence-corrected chi connectivity index (χ1v) is 4.31. The van der Waals surface area contributed by atoms with E-state index < -0.39 is 0 Å². The van der Waals surface area contributed by atoms with Crippen LogP contribution >= 0.6 is 0 Å². The van der Waals surface area contributed by atoms with E-state index in [0.29, 0.717) is 19.5 Å². The highest BCUT2D eigenvalue weighted by atomic mass is 16.3. The summed E-state index contributed by atoms with van der Waals surface area (Å²) in [5.41, 5.74) is 0. The second-order valence-corrected chi connectivity index (χ2v) is 2.74. The first-order chi connectivity index (χ1) is 5.70. The maximum Gasteiger partial charge on any atom is 0.221 e. The summed E-state index contributed by atoms with van der Waals surface area (Å²) >= 11 is 0. The van der Waals surface area contributed by atoms with Gasteiger partial charge in [-0.2, -0.15) is 0 Å². The van der Waals surface area contributed by atoms with Crippen LogP contribution < -0.4 is 10.6 Å². The Kier molecular flexibility index (Phi) is 6.70. The molecule has 0 aliphatic carbocycles. The number of nitrogens with one attached hydrogen (secondary N) is 2.